The molecule has 1 aromatic rings. The van der Waals surface area contributed by atoms with E-state index in [0.29, 0.717) is 13.0 Å². The first-order valence-electron chi connectivity index (χ1n) is 5.10. The quantitative estimate of drug-likeness (QED) is 0.629. The summed E-state index contributed by atoms with van der Waals surface area (Å²) in [6.07, 6.45) is 0.485. The average Bonchev–Trinajstić information content (AvgIpc) is 2.24. The average molecular weight is 306 g/mol. The molecule has 0 aromatic heterocycles. The molecule has 0 spiro atoms. The van der Waals surface area contributed by atoms with Gasteiger partial charge in [-0.05, 0) is 37.5 Å². The first-order chi connectivity index (χ1) is 7.54. The molecule has 0 heterocycles. The minimum Gasteiger partial charge on any atom is -0.465 e. The van der Waals surface area contributed by atoms with Gasteiger partial charge in [0.2, 0.25) is 0 Å². The molecule has 88 valence electrons. The van der Waals surface area contributed by atoms with E-state index in [1.807, 2.05) is 25.1 Å². The number of ether oxygens (including phenoxy) is 1. The Morgan fingerprint density at radius 1 is 1.56 bits per heavy atom. The molecule has 0 aliphatic carbocycles. The minimum absolute atomic E-state index is 0.360. The van der Waals surface area contributed by atoms with E-state index in [9.17, 15) is 4.79 Å². The number of carbonyl (C=O) groups excluding carboxylic acids is 1. The van der Waals surface area contributed by atoms with E-state index in [2.05, 4.69) is 15.9 Å². The predicted molar refractivity (Wildman–Crippen MR) is 68.9 cm³/mol. The summed E-state index contributed by atoms with van der Waals surface area (Å²) in [5, 5.41) is -0.616. The lowest BCUT2D eigenvalue weighted by Gasteiger charge is -2.09. The number of alkyl halides is 1. The molecule has 0 bridgehead atoms. The molecule has 0 amide bonds. The summed E-state index contributed by atoms with van der Waals surface area (Å²) in [7, 11) is 0. The number of carbonyl (C=O) groups is 1. The van der Waals surface area contributed by atoms with Gasteiger partial charge in [-0.3, -0.25) is 4.79 Å². The number of hydrogen-bond acceptors (Lipinski definition) is 2. The lowest BCUT2D eigenvalue weighted by atomic mass is 10.1. The number of rotatable bonds is 4. The maximum absolute atomic E-state index is 11.3. The van der Waals surface area contributed by atoms with Gasteiger partial charge < -0.3 is 4.74 Å². The Morgan fingerprint density at radius 2 is 2.25 bits per heavy atom. The van der Waals surface area contributed by atoms with E-state index in [0.717, 1.165) is 15.6 Å². The van der Waals surface area contributed by atoms with Crippen LogP contribution in [0.3, 0.4) is 0 Å². The molecule has 0 N–H and O–H groups in total. The normalized spacial score (nSPS) is 12.2. The third-order valence-electron chi connectivity index (χ3n) is 2.19. The van der Waals surface area contributed by atoms with Crippen molar-refractivity contribution in [1.29, 1.82) is 0 Å². The third kappa shape index (κ3) is 3.80. The van der Waals surface area contributed by atoms with E-state index in [1.54, 1.807) is 6.92 Å². The van der Waals surface area contributed by atoms with Crippen molar-refractivity contribution in [3.8, 4) is 0 Å². The monoisotopic (exact) mass is 304 g/mol. The van der Waals surface area contributed by atoms with E-state index in [1.165, 1.54) is 0 Å². The maximum Gasteiger partial charge on any atom is 0.324 e. The van der Waals surface area contributed by atoms with Gasteiger partial charge in [0, 0.05) is 4.47 Å². The largest absolute Gasteiger partial charge is 0.465 e. The summed E-state index contributed by atoms with van der Waals surface area (Å²) in [5.74, 6) is -0.360. The number of benzene rings is 1. The second-order valence-corrected chi connectivity index (χ2v) is 4.89. The fourth-order valence-corrected chi connectivity index (χ4v) is 1.95. The molecule has 2 nitrogen and oxygen atoms in total. The van der Waals surface area contributed by atoms with Gasteiger partial charge in [0.1, 0.15) is 5.38 Å². The van der Waals surface area contributed by atoms with Crippen LogP contribution in [-0.4, -0.2) is 18.0 Å². The van der Waals surface area contributed by atoms with Crippen LogP contribution >= 0.6 is 27.5 Å². The number of hydrogen-bond donors (Lipinski definition) is 0. The van der Waals surface area contributed by atoms with Crippen LogP contribution in [0.1, 0.15) is 18.1 Å². The molecule has 1 atom stereocenters. The Balaban J connectivity index is 2.66. The summed E-state index contributed by atoms with van der Waals surface area (Å²) in [6, 6.07) is 5.94. The molecule has 0 radical (unpaired) electrons. The van der Waals surface area contributed by atoms with Gasteiger partial charge in [0.25, 0.3) is 0 Å². The Bertz CT molecular complexity index is 379. The second kappa shape index (κ2) is 6.26. The van der Waals surface area contributed by atoms with Crippen LogP contribution in [-0.2, 0) is 16.0 Å². The van der Waals surface area contributed by atoms with Crippen molar-refractivity contribution in [2.45, 2.75) is 25.6 Å². The molecule has 4 heteroatoms. The minimum atomic E-state index is -0.616. The second-order valence-electron chi connectivity index (χ2n) is 3.51. The van der Waals surface area contributed by atoms with Gasteiger partial charge >= 0.3 is 5.97 Å². The van der Waals surface area contributed by atoms with Crippen molar-refractivity contribution in [2.24, 2.45) is 0 Å². The Kier molecular flexibility index (Phi) is 5.29. The fraction of sp³-hybridized carbons (Fsp3) is 0.417. The maximum atomic E-state index is 11.3. The van der Waals surface area contributed by atoms with Gasteiger partial charge in [0.15, 0.2) is 0 Å². The summed E-state index contributed by atoms with van der Waals surface area (Å²) in [6.45, 7) is 4.14. The Morgan fingerprint density at radius 3 is 2.81 bits per heavy atom. The zero-order chi connectivity index (χ0) is 12.1. The molecular formula is C12H14BrClO2. The highest BCUT2D eigenvalue weighted by Crippen LogP contribution is 2.19. The standard InChI is InChI=1S/C12H14BrClO2/c1-3-16-12(15)11(14)7-9-5-4-8(2)10(13)6-9/h4-6,11H,3,7H2,1-2H3. The SMILES string of the molecule is CCOC(=O)C(Cl)Cc1ccc(C)c(Br)c1. The summed E-state index contributed by atoms with van der Waals surface area (Å²) >= 11 is 9.39. The Hall–Kier alpha value is -0.540. The number of halogens is 2. The fourth-order valence-electron chi connectivity index (χ4n) is 1.29. The molecule has 1 rings (SSSR count). The lowest BCUT2D eigenvalue weighted by Crippen LogP contribution is -2.20. The van der Waals surface area contributed by atoms with Crippen LogP contribution in [0.5, 0.6) is 0 Å². The van der Waals surface area contributed by atoms with E-state index >= 15 is 0 Å². The van der Waals surface area contributed by atoms with Crippen molar-refractivity contribution in [2.75, 3.05) is 6.61 Å². The summed E-state index contributed by atoms with van der Waals surface area (Å²) in [4.78, 5) is 11.3. The molecule has 0 fully saturated rings. The molecular weight excluding hydrogens is 291 g/mol. The number of esters is 1. The highest BCUT2D eigenvalue weighted by atomic mass is 79.9. The molecule has 0 aliphatic heterocycles. The summed E-state index contributed by atoms with van der Waals surface area (Å²) in [5.41, 5.74) is 2.18. The van der Waals surface area contributed by atoms with Crippen LogP contribution in [0.2, 0.25) is 0 Å². The topological polar surface area (TPSA) is 26.3 Å². The van der Waals surface area contributed by atoms with Crippen LogP contribution in [0.4, 0.5) is 0 Å². The molecule has 0 saturated carbocycles. The number of aryl methyl sites for hydroxylation is 1. The molecule has 0 saturated heterocycles. The highest BCUT2D eigenvalue weighted by molar-refractivity contribution is 9.10. The smallest absolute Gasteiger partial charge is 0.324 e. The van der Waals surface area contributed by atoms with Gasteiger partial charge in [-0.15, -0.1) is 11.6 Å². The lowest BCUT2D eigenvalue weighted by molar-refractivity contribution is -0.142. The third-order valence-corrected chi connectivity index (χ3v) is 3.38. The highest BCUT2D eigenvalue weighted by Gasteiger charge is 2.17. The van der Waals surface area contributed by atoms with Crippen LogP contribution in [0, 0.1) is 6.92 Å². The molecule has 0 aliphatic rings. The van der Waals surface area contributed by atoms with Gasteiger partial charge in [-0.1, -0.05) is 28.1 Å². The van der Waals surface area contributed by atoms with Gasteiger partial charge in [0.05, 0.1) is 6.61 Å². The first-order valence-corrected chi connectivity index (χ1v) is 6.33. The zero-order valence-corrected chi connectivity index (χ0v) is 11.6. The van der Waals surface area contributed by atoms with Gasteiger partial charge in [-0.2, -0.15) is 0 Å². The molecule has 1 aromatic carbocycles. The van der Waals surface area contributed by atoms with E-state index in [4.69, 9.17) is 16.3 Å². The van der Waals surface area contributed by atoms with E-state index < -0.39 is 5.38 Å². The van der Waals surface area contributed by atoms with E-state index in [-0.39, 0.29) is 5.97 Å². The summed E-state index contributed by atoms with van der Waals surface area (Å²) < 4.78 is 5.87. The van der Waals surface area contributed by atoms with Crippen LogP contribution in [0.25, 0.3) is 0 Å². The van der Waals surface area contributed by atoms with Gasteiger partial charge in [-0.25, -0.2) is 0 Å². The van der Waals surface area contributed by atoms with Crippen molar-refractivity contribution >= 4 is 33.5 Å². The van der Waals surface area contributed by atoms with Crippen LogP contribution in [0.15, 0.2) is 22.7 Å². The Labute approximate surface area is 109 Å². The van der Waals surface area contributed by atoms with Crippen LogP contribution < -0.4 is 0 Å². The van der Waals surface area contributed by atoms with Crippen molar-refractivity contribution in [1.82, 2.24) is 0 Å². The first kappa shape index (κ1) is 13.5. The van der Waals surface area contributed by atoms with Crippen molar-refractivity contribution in [3.05, 3.63) is 33.8 Å². The zero-order valence-electron chi connectivity index (χ0n) is 9.30. The molecule has 16 heavy (non-hydrogen) atoms. The van der Waals surface area contributed by atoms with Crippen molar-refractivity contribution < 1.29 is 9.53 Å². The van der Waals surface area contributed by atoms with Crippen molar-refractivity contribution in [3.63, 3.8) is 0 Å². The predicted octanol–water partition coefficient (Wildman–Crippen LogP) is 3.47. The molecule has 1 unspecified atom stereocenters.